The number of anilines is 1. The number of ether oxygens (including phenoxy) is 1. The van der Waals surface area contributed by atoms with Crippen molar-refractivity contribution in [3.8, 4) is 5.75 Å². The first kappa shape index (κ1) is 23.5. The number of carbonyl (C=O) groups excluding carboxylic acids is 2. The normalized spacial score (nSPS) is 11.1. The van der Waals surface area contributed by atoms with Crippen LogP contribution in [-0.2, 0) is 6.54 Å². The van der Waals surface area contributed by atoms with Gasteiger partial charge in [-0.15, -0.1) is 0 Å². The molecule has 0 spiro atoms. The van der Waals surface area contributed by atoms with Crippen LogP contribution >= 0.6 is 0 Å². The number of nitrogens with zero attached hydrogens (tertiary/aromatic N) is 2. The van der Waals surface area contributed by atoms with E-state index in [1.165, 1.54) is 0 Å². The van der Waals surface area contributed by atoms with Crippen molar-refractivity contribution in [1.29, 1.82) is 0 Å². The van der Waals surface area contributed by atoms with Crippen LogP contribution in [0.25, 0.3) is 0 Å². The molecule has 0 atom stereocenters. The molecule has 0 bridgehead atoms. The van der Waals surface area contributed by atoms with E-state index in [9.17, 15) is 9.59 Å². The monoisotopic (exact) mass is 413 g/mol. The summed E-state index contributed by atoms with van der Waals surface area (Å²) in [6.45, 7) is 13.2. The van der Waals surface area contributed by atoms with Crippen molar-refractivity contribution in [3.05, 3.63) is 47.3 Å². The first-order chi connectivity index (χ1) is 14.1. The van der Waals surface area contributed by atoms with Gasteiger partial charge in [-0.25, -0.2) is 4.79 Å². The second-order valence-electron chi connectivity index (χ2n) is 8.49. The summed E-state index contributed by atoms with van der Waals surface area (Å²) in [5.41, 5.74) is 3.57. The maximum atomic E-state index is 12.7. The highest BCUT2D eigenvalue weighted by Crippen LogP contribution is 2.21. The Kier molecular flexibility index (Phi) is 8.09. The number of ketones is 1. The summed E-state index contributed by atoms with van der Waals surface area (Å²) in [5, 5.41) is 2.85. The third-order valence-corrected chi connectivity index (χ3v) is 5.11. The molecule has 1 N–H and O–H groups in total. The zero-order chi connectivity index (χ0) is 22.4. The molecule has 1 heterocycles. The second-order valence-corrected chi connectivity index (χ2v) is 8.49. The largest absolute Gasteiger partial charge is 0.485 e. The molecule has 0 aliphatic heterocycles. The Morgan fingerprint density at radius 2 is 1.73 bits per heavy atom. The zero-order valence-corrected chi connectivity index (χ0v) is 19.3. The number of rotatable bonds is 9. The van der Waals surface area contributed by atoms with Gasteiger partial charge < -0.3 is 14.6 Å². The molecule has 0 aliphatic carbocycles. The molecule has 0 fully saturated rings. The van der Waals surface area contributed by atoms with Crippen LogP contribution in [0.2, 0.25) is 0 Å². The fourth-order valence-electron chi connectivity index (χ4n) is 3.27. The molecule has 0 aliphatic rings. The third-order valence-electron chi connectivity index (χ3n) is 5.11. The maximum absolute atomic E-state index is 12.7. The average molecular weight is 414 g/mol. The number of hydrogen-bond acceptors (Lipinski definition) is 3. The molecule has 1 aromatic carbocycles. The van der Waals surface area contributed by atoms with E-state index in [-0.39, 0.29) is 24.5 Å². The van der Waals surface area contributed by atoms with E-state index in [0.29, 0.717) is 11.7 Å². The first-order valence-corrected chi connectivity index (χ1v) is 10.6. The number of benzene rings is 1. The summed E-state index contributed by atoms with van der Waals surface area (Å²) in [6, 6.07) is 9.01. The van der Waals surface area contributed by atoms with Crippen LogP contribution in [0.5, 0.6) is 5.75 Å². The first-order valence-electron chi connectivity index (χ1n) is 10.6. The lowest BCUT2D eigenvalue weighted by Gasteiger charge is -2.20. The van der Waals surface area contributed by atoms with Crippen molar-refractivity contribution >= 4 is 17.5 Å². The van der Waals surface area contributed by atoms with E-state index in [2.05, 4.69) is 23.7 Å². The van der Waals surface area contributed by atoms with Crippen molar-refractivity contribution in [2.75, 3.05) is 18.6 Å². The van der Waals surface area contributed by atoms with Gasteiger partial charge in [-0.2, -0.15) is 0 Å². The van der Waals surface area contributed by atoms with Gasteiger partial charge in [0, 0.05) is 42.3 Å². The quantitative estimate of drug-likeness (QED) is 0.591. The molecule has 30 heavy (non-hydrogen) atoms. The maximum Gasteiger partial charge on any atom is 0.321 e. The second kappa shape index (κ2) is 10.3. The third kappa shape index (κ3) is 6.12. The molecule has 0 saturated heterocycles. The van der Waals surface area contributed by atoms with Crippen molar-refractivity contribution in [3.63, 3.8) is 0 Å². The summed E-state index contributed by atoms with van der Waals surface area (Å²) in [5.74, 6) is 1.18. The molecule has 6 heteroatoms. The number of aryl methyl sites for hydroxylation is 1. The highest BCUT2D eigenvalue weighted by Gasteiger charge is 2.17. The molecule has 1 aromatic heterocycles. The standard InChI is InChI=1S/C24H35N3O3/c1-16(2)12-13-27-18(5)14-22(19(27)6)23(28)15-30-21-10-8-20(9-11-21)26(7)24(29)25-17(3)4/h8-11,14,16-17H,12-13,15H2,1-7H3,(H,25,29). The van der Waals surface area contributed by atoms with Crippen LogP contribution in [0.15, 0.2) is 30.3 Å². The minimum Gasteiger partial charge on any atom is -0.485 e. The summed E-state index contributed by atoms with van der Waals surface area (Å²) >= 11 is 0. The zero-order valence-electron chi connectivity index (χ0n) is 19.3. The molecule has 2 amide bonds. The number of nitrogens with one attached hydrogen (secondary N) is 1. The van der Waals surface area contributed by atoms with Crippen LogP contribution in [0, 0.1) is 19.8 Å². The van der Waals surface area contributed by atoms with Gasteiger partial charge in [-0.1, -0.05) is 13.8 Å². The Labute approximate surface area is 180 Å². The highest BCUT2D eigenvalue weighted by molar-refractivity contribution is 5.98. The summed E-state index contributed by atoms with van der Waals surface area (Å²) in [7, 11) is 1.71. The lowest BCUT2D eigenvalue weighted by molar-refractivity contribution is 0.0920. The van der Waals surface area contributed by atoms with Crippen LogP contribution in [0.1, 0.15) is 55.9 Å². The molecule has 0 unspecified atom stereocenters. The van der Waals surface area contributed by atoms with Crippen molar-refractivity contribution in [2.24, 2.45) is 5.92 Å². The molecular weight excluding hydrogens is 378 g/mol. The van der Waals surface area contributed by atoms with E-state index in [1.54, 1.807) is 36.2 Å². The topological polar surface area (TPSA) is 63.6 Å². The van der Waals surface area contributed by atoms with E-state index >= 15 is 0 Å². The van der Waals surface area contributed by atoms with Crippen molar-refractivity contribution in [1.82, 2.24) is 9.88 Å². The molecule has 0 radical (unpaired) electrons. The summed E-state index contributed by atoms with van der Waals surface area (Å²) in [6.07, 6.45) is 1.08. The van der Waals surface area contributed by atoms with Gasteiger partial charge in [0.15, 0.2) is 6.61 Å². The Bertz CT molecular complexity index is 867. The summed E-state index contributed by atoms with van der Waals surface area (Å²) in [4.78, 5) is 26.3. The Hall–Kier alpha value is -2.76. The van der Waals surface area contributed by atoms with Crippen molar-refractivity contribution < 1.29 is 14.3 Å². The molecule has 6 nitrogen and oxygen atoms in total. The number of Topliss-reactive ketones (excluding diaryl/α,β-unsaturated/α-hetero) is 1. The predicted octanol–water partition coefficient (Wildman–Crippen LogP) is 4.97. The van der Waals surface area contributed by atoms with Gasteiger partial charge in [0.25, 0.3) is 0 Å². The van der Waals surface area contributed by atoms with Crippen LogP contribution in [-0.4, -0.2) is 36.1 Å². The number of amides is 2. The highest BCUT2D eigenvalue weighted by atomic mass is 16.5. The smallest absolute Gasteiger partial charge is 0.321 e. The molecule has 2 rings (SSSR count). The van der Waals surface area contributed by atoms with E-state index in [1.807, 2.05) is 33.8 Å². The lowest BCUT2D eigenvalue weighted by atomic mass is 10.1. The Morgan fingerprint density at radius 1 is 1.10 bits per heavy atom. The molecular formula is C24H35N3O3. The van der Waals surface area contributed by atoms with E-state index < -0.39 is 0 Å². The molecule has 0 saturated carbocycles. The SMILES string of the molecule is Cc1cc(C(=O)COc2ccc(N(C)C(=O)NC(C)C)cc2)c(C)n1CCC(C)C. The molecule has 2 aromatic rings. The number of hydrogen-bond donors (Lipinski definition) is 1. The van der Waals surface area contributed by atoms with Crippen LogP contribution in [0.3, 0.4) is 0 Å². The van der Waals surface area contributed by atoms with E-state index in [4.69, 9.17) is 4.74 Å². The fraction of sp³-hybridized carbons (Fsp3) is 0.500. The van der Waals surface area contributed by atoms with Crippen molar-refractivity contribution in [2.45, 2.75) is 60.5 Å². The average Bonchev–Trinajstić information content (AvgIpc) is 2.97. The minimum atomic E-state index is -0.165. The number of urea groups is 1. The van der Waals surface area contributed by atoms with Gasteiger partial charge in [0.2, 0.25) is 5.78 Å². The Morgan fingerprint density at radius 3 is 2.30 bits per heavy atom. The molecule has 164 valence electrons. The summed E-state index contributed by atoms with van der Waals surface area (Å²) < 4.78 is 7.91. The lowest BCUT2D eigenvalue weighted by Crippen LogP contribution is -2.40. The number of aromatic nitrogens is 1. The minimum absolute atomic E-state index is 0.0164. The van der Waals surface area contributed by atoms with Crippen LogP contribution in [0.4, 0.5) is 10.5 Å². The van der Waals surface area contributed by atoms with Gasteiger partial charge in [-0.3, -0.25) is 9.69 Å². The van der Waals surface area contributed by atoms with Crippen LogP contribution < -0.4 is 15.0 Å². The Balaban J connectivity index is 1.98. The van der Waals surface area contributed by atoms with Gasteiger partial charge >= 0.3 is 6.03 Å². The van der Waals surface area contributed by atoms with Gasteiger partial charge in [-0.05, 0) is 70.4 Å². The van der Waals surface area contributed by atoms with Gasteiger partial charge in [0.05, 0.1) is 0 Å². The fourth-order valence-corrected chi connectivity index (χ4v) is 3.27. The predicted molar refractivity (Wildman–Crippen MR) is 122 cm³/mol. The van der Waals surface area contributed by atoms with E-state index in [0.717, 1.165) is 35.6 Å². The van der Waals surface area contributed by atoms with Gasteiger partial charge in [0.1, 0.15) is 5.75 Å². The number of carbonyl (C=O) groups is 2.